The lowest BCUT2D eigenvalue weighted by Crippen LogP contribution is -2.35. The van der Waals surface area contributed by atoms with Gasteiger partial charge in [0.15, 0.2) is 0 Å². The van der Waals surface area contributed by atoms with Gasteiger partial charge in [0, 0.05) is 19.6 Å². The summed E-state index contributed by atoms with van der Waals surface area (Å²) in [5, 5.41) is 5.14. The van der Waals surface area contributed by atoms with Gasteiger partial charge >= 0.3 is 0 Å². The van der Waals surface area contributed by atoms with Crippen LogP contribution >= 0.6 is 0 Å². The second-order valence-corrected chi connectivity index (χ2v) is 6.06. The molecule has 2 N–H and O–H groups in total. The minimum Gasteiger partial charge on any atom is -0.379 e. The van der Waals surface area contributed by atoms with E-state index in [2.05, 4.69) is 4.90 Å². The number of rotatable bonds is 3. The first-order valence-corrected chi connectivity index (χ1v) is 7.44. The van der Waals surface area contributed by atoms with E-state index in [4.69, 9.17) is 9.88 Å². The van der Waals surface area contributed by atoms with Crippen LogP contribution < -0.4 is 5.14 Å². The summed E-state index contributed by atoms with van der Waals surface area (Å²) in [5.74, 6) is 0. The fraction of sp³-hybridized carbons (Fsp3) is 0.500. The van der Waals surface area contributed by atoms with Crippen LogP contribution in [0.1, 0.15) is 11.1 Å². The second-order valence-electron chi connectivity index (χ2n) is 4.53. The molecule has 0 unspecified atom stereocenters. The lowest BCUT2D eigenvalue weighted by molar-refractivity contribution is 0.0342. The molecule has 1 fully saturated rings. The molecule has 0 bridgehead atoms. The largest absolute Gasteiger partial charge is 0.379 e. The van der Waals surface area contributed by atoms with Crippen LogP contribution in [0.2, 0.25) is 0 Å². The molecule has 0 atom stereocenters. The van der Waals surface area contributed by atoms with Gasteiger partial charge in [-0.05, 0) is 24.1 Å². The first-order chi connectivity index (χ1) is 8.47. The zero-order chi connectivity index (χ0) is 13.2. The van der Waals surface area contributed by atoms with Crippen molar-refractivity contribution in [1.82, 2.24) is 4.90 Å². The number of aryl methyl sites for hydroxylation is 1. The van der Waals surface area contributed by atoms with E-state index in [0.717, 1.165) is 38.4 Å². The van der Waals surface area contributed by atoms with Crippen molar-refractivity contribution in [1.29, 1.82) is 0 Å². The number of nitrogens with two attached hydrogens (primary N) is 1. The zero-order valence-corrected chi connectivity index (χ0v) is 11.2. The van der Waals surface area contributed by atoms with Crippen LogP contribution in [0.25, 0.3) is 0 Å². The van der Waals surface area contributed by atoms with Crippen molar-refractivity contribution in [2.75, 3.05) is 26.3 Å². The highest BCUT2D eigenvalue weighted by molar-refractivity contribution is 7.89. The molecule has 1 aliphatic rings. The summed E-state index contributed by atoms with van der Waals surface area (Å²) in [7, 11) is -3.62. The monoisotopic (exact) mass is 270 g/mol. The van der Waals surface area contributed by atoms with Crippen LogP contribution in [-0.4, -0.2) is 39.6 Å². The molecule has 18 heavy (non-hydrogen) atoms. The van der Waals surface area contributed by atoms with Crippen LogP contribution in [0.5, 0.6) is 0 Å². The normalized spacial score (nSPS) is 17.9. The second kappa shape index (κ2) is 5.36. The van der Waals surface area contributed by atoms with Gasteiger partial charge in [0.1, 0.15) is 0 Å². The molecule has 0 aliphatic carbocycles. The molecule has 5 nitrogen and oxygen atoms in total. The van der Waals surface area contributed by atoms with Crippen LogP contribution in [0.15, 0.2) is 23.1 Å². The summed E-state index contributed by atoms with van der Waals surface area (Å²) in [6.07, 6.45) is 0. The molecule has 1 aliphatic heterocycles. The van der Waals surface area contributed by atoms with Gasteiger partial charge in [0.2, 0.25) is 10.0 Å². The molecule has 1 saturated heterocycles. The maximum absolute atomic E-state index is 11.3. The van der Waals surface area contributed by atoms with Gasteiger partial charge in [-0.3, -0.25) is 4.90 Å². The summed E-state index contributed by atoms with van der Waals surface area (Å²) in [5.41, 5.74) is 1.80. The molecule has 100 valence electrons. The molecular weight excluding hydrogens is 252 g/mol. The Balaban J connectivity index is 2.13. The van der Waals surface area contributed by atoms with Crippen molar-refractivity contribution in [3.8, 4) is 0 Å². The number of hydrogen-bond acceptors (Lipinski definition) is 4. The van der Waals surface area contributed by atoms with E-state index in [1.54, 1.807) is 13.0 Å². The fourth-order valence-corrected chi connectivity index (χ4v) is 2.91. The standard InChI is InChI=1S/C12H18N2O3S/c1-10-8-11(2-3-12(10)18(13,15)16)9-14-4-6-17-7-5-14/h2-3,8H,4-7,9H2,1H3,(H2,13,15,16). The van der Waals surface area contributed by atoms with Gasteiger partial charge in [-0.1, -0.05) is 12.1 Å². The predicted molar refractivity (Wildman–Crippen MR) is 68.6 cm³/mol. The minimum absolute atomic E-state index is 0.202. The van der Waals surface area contributed by atoms with Crippen molar-refractivity contribution in [3.05, 3.63) is 29.3 Å². The van der Waals surface area contributed by atoms with Crippen molar-refractivity contribution >= 4 is 10.0 Å². The van der Waals surface area contributed by atoms with E-state index in [0.29, 0.717) is 5.56 Å². The molecule has 2 rings (SSSR count). The summed E-state index contributed by atoms with van der Waals surface area (Å²) in [4.78, 5) is 2.49. The van der Waals surface area contributed by atoms with E-state index in [1.807, 2.05) is 12.1 Å². The van der Waals surface area contributed by atoms with E-state index in [-0.39, 0.29) is 4.90 Å². The molecule has 0 spiro atoms. The SMILES string of the molecule is Cc1cc(CN2CCOCC2)ccc1S(N)(=O)=O. The molecule has 1 aromatic carbocycles. The van der Waals surface area contributed by atoms with Crippen LogP contribution in [0.3, 0.4) is 0 Å². The summed E-state index contributed by atoms with van der Waals surface area (Å²) in [6, 6.07) is 5.29. The van der Waals surface area contributed by atoms with Gasteiger partial charge in [-0.15, -0.1) is 0 Å². The van der Waals surface area contributed by atoms with Gasteiger partial charge < -0.3 is 4.74 Å². The van der Waals surface area contributed by atoms with E-state index >= 15 is 0 Å². The third kappa shape index (κ3) is 3.29. The fourth-order valence-electron chi connectivity index (χ4n) is 2.15. The van der Waals surface area contributed by atoms with Gasteiger partial charge in [0.05, 0.1) is 18.1 Å². The summed E-state index contributed by atoms with van der Waals surface area (Å²) < 4.78 is 27.9. The molecule has 1 aromatic rings. The average Bonchev–Trinajstić information content (AvgIpc) is 2.28. The summed E-state index contributed by atoms with van der Waals surface area (Å²) >= 11 is 0. The predicted octanol–water partition coefficient (Wildman–Crippen LogP) is 0.475. The molecule has 0 saturated carbocycles. The van der Waals surface area contributed by atoms with Gasteiger partial charge in [-0.25, -0.2) is 13.6 Å². The van der Waals surface area contributed by atoms with Crippen molar-refractivity contribution < 1.29 is 13.2 Å². The number of sulfonamides is 1. The average molecular weight is 270 g/mol. The molecule has 0 radical (unpaired) electrons. The Bertz CT molecular complexity index is 522. The Labute approximate surface area is 108 Å². The van der Waals surface area contributed by atoms with E-state index < -0.39 is 10.0 Å². The molecule has 0 aromatic heterocycles. The quantitative estimate of drug-likeness (QED) is 0.867. The first kappa shape index (κ1) is 13.5. The lowest BCUT2D eigenvalue weighted by atomic mass is 10.1. The van der Waals surface area contributed by atoms with Crippen LogP contribution in [0, 0.1) is 6.92 Å². The van der Waals surface area contributed by atoms with Crippen molar-refractivity contribution in [2.45, 2.75) is 18.4 Å². The number of morpholine rings is 1. The lowest BCUT2D eigenvalue weighted by Gasteiger charge is -2.26. The van der Waals surface area contributed by atoms with Crippen molar-refractivity contribution in [2.24, 2.45) is 5.14 Å². The highest BCUT2D eigenvalue weighted by Crippen LogP contribution is 2.16. The van der Waals surface area contributed by atoms with E-state index in [9.17, 15) is 8.42 Å². The van der Waals surface area contributed by atoms with E-state index in [1.165, 1.54) is 0 Å². The van der Waals surface area contributed by atoms with Gasteiger partial charge in [-0.2, -0.15) is 0 Å². The number of primary sulfonamides is 1. The number of ether oxygens (including phenoxy) is 1. The minimum atomic E-state index is -3.62. The third-order valence-corrected chi connectivity index (χ3v) is 4.13. The first-order valence-electron chi connectivity index (χ1n) is 5.89. The Morgan fingerprint density at radius 2 is 2.00 bits per heavy atom. The number of nitrogens with zero attached hydrogens (tertiary/aromatic N) is 1. The Morgan fingerprint density at radius 3 is 2.56 bits per heavy atom. The maximum atomic E-state index is 11.3. The van der Waals surface area contributed by atoms with Gasteiger partial charge in [0.25, 0.3) is 0 Å². The molecular formula is C12H18N2O3S. The zero-order valence-electron chi connectivity index (χ0n) is 10.4. The number of benzene rings is 1. The smallest absolute Gasteiger partial charge is 0.238 e. The highest BCUT2D eigenvalue weighted by Gasteiger charge is 2.14. The highest BCUT2D eigenvalue weighted by atomic mass is 32.2. The third-order valence-electron chi connectivity index (χ3n) is 3.06. The summed E-state index contributed by atoms with van der Waals surface area (Å²) in [6.45, 7) is 5.92. The molecule has 1 heterocycles. The Hall–Kier alpha value is -0.950. The Morgan fingerprint density at radius 1 is 1.33 bits per heavy atom. The Kier molecular flexibility index (Phi) is 4.01. The molecule has 6 heteroatoms. The van der Waals surface area contributed by atoms with Crippen LogP contribution in [-0.2, 0) is 21.3 Å². The van der Waals surface area contributed by atoms with Crippen LogP contribution in [0.4, 0.5) is 0 Å². The topological polar surface area (TPSA) is 72.6 Å². The number of hydrogen-bond donors (Lipinski definition) is 1. The van der Waals surface area contributed by atoms with Crippen molar-refractivity contribution in [3.63, 3.8) is 0 Å². The molecule has 0 amide bonds. The maximum Gasteiger partial charge on any atom is 0.238 e.